The van der Waals surface area contributed by atoms with Gasteiger partial charge in [0.15, 0.2) is 0 Å². The van der Waals surface area contributed by atoms with E-state index in [1.807, 2.05) is 24.3 Å². The monoisotopic (exact) mass is 208 g/mol. The van der Waals surface area contributed by atoms with Gasteiger partial charge in [0.2, 0.25) is 0 Å². The lowest BCUT2D eigenvalue weighted by atomic mass is 9.68. The molecule has 0 spiro atoms. The lowest BCUT2D eigenvalue weighted by Crippen LogP contribution is -2.34. The Morgan fingerprint density at radius 2 is 2.14 bits per heavy atom. The molecule has 2 heteroatoms. The molecule has 0 heterocycles. The fourth-order valence-electron chi connectivity index (χ4n) is 2.19. The van der Waals surface area contributed by atoms with Crippen LogP contribution in [0.1, 0.15) is 31.2 Å². The highest BCUT2D eigenvalue weighted by atomic mass is 35.5. The van der Waals surface area contributed by atoms with Gasteiger partial charge in [-0.3, -0.25) is 4.79 Å². The molecule has 1 aliphatic rings. The summed E-state index contributed by atoms with van der Waals surface area (Å²) in [5.74, 6) is 0.952. The SMILES string of the molecule is CCC1C(=O)CC1c1ccccc1Cl. The Kier molecular flexibility index (Phi) is 2.60. The van der Waals surface area contributed by atoms with Gasteiger partial charge in [0, 0.05) is 23.3 Å². The van der Waals surface area contributed by atoms with Crippen molar-refractivity contribution in [3.63, 3.8) is 0 Å². The van der Waals surface area contributed by atoms with Gasteiger partial charge >= 0.3 is 0 Å². The second kappa shape index (κ2) is 3.74. The smallest absolute Gasteiger partial charge is 0.137 e. The van der Waals surface area contributed by atoms with Crippen molar-refractivity contribution in [1.82, 2.24) is 0 Å². The summed E-state index contributed by atoms with van der Waals surface area (Å²) < 4.78 is 0. The second-order valence-electron chi connectivity index (χ2n) is 3.81. The first-order valence-corrected chi connectivity index (χ1v) is 5.39. The highest BCUT2D eigenvalue weighted by molar-refractivity contribution is 6.31. The predicted molar refractivity (Wildman–Crippen MR) is 57.6 cm³/mol. The normalized spacial score (nSPS) is 26.0. The third-order valence-corrected chi connectivity index (χ3v) is 3.41. The van der Waals surface area contributed by atoms with Crippen molar-refractivity contribution in [3.8, 4) is 0 Å². The average Bonchev–Trinajstić information content (AvgIpc) is 2.16. The van der Waals surface area contributed by atoms with E-state index in [0.717, 1.165) is 17.0 Å². The summed E-state index contributed by atoms with van der Waals surface area (Å²) in [4.78, 5) is 11.3. The topological polar surface area (TPSA) is 17.1 Å². The second-order valence-corrected chi connectivity index (χ2v) is 4.22. The van der Waals surface area contributed by atoms with Crippen molar-refractivity contribution in [2.24, 2.45) is 5.92 Å². The molecule has 1 fully saturated rings. The molecule has 0 bridgehead atoms. The van der Waals surface area contributed by atoms with E-state index in [1.165, 1.54) is 0 Å². The zero-order chi connectivity index (χ0) is 10.1. The van der Waals surface area contributed by atoms with Crippen LogP contribution in [0.2, 0.25) is 5.02 Å². The van der Waals surface area contributed by atoms with Crippen LogP contribution >= 0.6 is 11.6 Å². The molecule has 74 valence electrons. The van der Waals surface area contributed by atoms with Gasteiger partial charge in [0.25, 0.3) is 0 Å². The maximum absolute atomic E-state index is 11.3. The minimum atomic E-state index is 0.204. The zero-order valence-corrected chi connectivity index (χ0v) is 8.92. The zero-order valence-electron chi connectivity index (χ0n) is 8.16. The van der Waals surface area contributed by atoms with Crippen LogP contribution in [0.3, 0.4) is 0 Å². The molecule has 1 saturated carbocycles. The first-order chi connectivity index (χ1) is 6.74. The van der Waals surface area contributed by atoms with E-state index >= 15 is 0 Å². The maximum atomic E-state index is 11.3. The largest absolute Gasteiger partial charge is 0.299 e. The molecule has 0 amide bonds. The predicted octanol–water partition coefficient (Wildman–Crippen LogP) is 3.42. The first kappa shape index (κ1) is 9.72. The van der Waals surface area contributed by atoms with E-state index in [1.54, 1.807) is 0 Å². The van der Waals surface area contributed by atoms with E-state index in [-0.39, 0.29) is 5.92 Å². The van der Waals surface area contributed by atoms with Crippen molar-refractivity contribution in [3.05, 3.63) is 34.9 Å². The molecule has 0 saturated heterocycles. The summed E-state index contributed by atoms with van der Waals surface area (Å²) in [6.07, 6.45) is 1.59. The molecule has 0 aromatic heterocycles. The van der Waals surface area contributed by atoms with Crippen LogP contribution in [0.5, 0.6) is 0 Å². The number of carbonyl (C=O) groups excluding carboxylic acids is 1. The molecule has 2 atom stereocenters. The van der Waals surface area contributed by atoms with E-state index in [2.05, 4.69) is 6.92 Å². The van der Waals surface area contributed by atoms with Gasteiger partial charge < -0.3 is 0 Å². The number of halogens is 1. The molecule has 0 radical (unpaired) electrons. The molecular formula is C12H13ClO. The summed E-state index contributed by atoms with van der Waals surface area (Å²) in [6, 6.07) is 7.83. The summed E-state index contributed by atoms with van der Waals surface area (Å²) in [5, 5.41) is 0.795. The molecule has 1 nitrogen and oxygen atoms in total. The Labute approximate surface area is 89.1 Å². The van der Waals surface area contributed by atoms with Crippen molar-refractivity contribution in [2.45, 2.75) is 25.7 Å². The van der Waals surface area contributed by atoms with Gasteiger partial charge in [0.05, 0.1) is 0 Å². The van der Waals surface area contributed by atoms with Crippen LogP contribution in [0, 0.1) is 5.92 Å². The lowest BCUT2D eigenvalue weighted by Gasteiger charge is -2.35. The van der Waals surface area contributed by atoms with Crippen molar-refractivity contribution < 1.29 is 4.79 Å². The molecule has 2 unspecified atom stereocenters. The Balaban J connectivity index is 2.25. The number of carbonyl (C=O) groups is 1. The summed E-state index contributed by atoms with van der Waals surface area (Å²) in [6.45, 7) is 2.06. The number of hydrogen-bond donors (Lipinski definition) is 0. The summed E-state index contributed by atoms with van der Waals surface area (Å²) in [5.41, 5.74) is 1.14. The number of benzene rings is 1. The molecule has 1 aliphatic carbocycles. The van der Waals surface area contributed by atoms with Crippen molar-refractivity contribution >= 4 is 17.4 Å². The standard InChI is InChI=1S/C12H13ClO/c1-2-8-10(7-12(8)14)9-5-3-4-6-11(9)13/h3-6,8,10H,2,7H2,1H3. The number of ketones is 1. The van der Waals surface area contributed by atoms with Crippen LogP contribution < -0.4 is 0 Å². The van der Waals surface area contributed by atoms with Crippen LogP contribution in [-0.2, 0) is 4.79 Å². The van der Waals surface area contributed by atoms with Crippen LogP contribution in [0.4, 0.5) is 0 Å². The van der Waals surface area contributed by atoms with E-state index < -0.39 is 0 Å². The van der Waals surface area contributed by atoms with Gasteiger partial charge in [-0.15, -0.1) is 0 Å². The fraction of sp³-hybridized carbons (Fsp3) is 0.417. The van der Waals surface area contributed by atoms with Gasteiger partial charge in [0.1, 0.15) is 5.78 Å². The van der Waals surface area contributed by atoms with Gasteiger partial charge in [-0.2, -0.15) is 0 Å². The molecule has 0 aliphatic heterocycles. The number of hydrogen-bond acceptors (Lipinski definition) is 1. The summed E-state index contributed by atoms with van der Waals surface area (Å²) >= 11 is 6.09. The van der Waals surface area contributed by atoms with Crippen LogP contribution in [-0.4, -0.2) is 5.78 Å². The minimum absolute atomic E-state index is 0.204. The van der Waals surface area contributed by atoms with E-state index in [4.69, 9.17) is 11.6 Å². The Morgan fingerprint density at radius 3 is 2.71 bits per heavy atom. The van der Waals surface area contributed by atoms with Crippen molar-refractivity contribution in [1.29, 1.82) is 0 Å². The van der Waals surface area contributed by atoms with Gasteiger partial charge in [-0.1, -0.05) is 36.7 Å². The molecule has 1 aromatic carbocycles. The maximum Gasteiger partial charge on any atom is 0.137 e. The highest BCUT2D eigenvalue weighted by Gasteiger charge is 2.39. The third kappa shape index (κ3) is 1.46. The number of Topliss-reactive ketones (excluding diaryl/α,β-unsaturated/α-hetero) is 1. The molecule has 0 N–H and O–H groups in total. The minimum Gasteiger partial charge on any atom is -0.299 e. The first-order valence-electron chi connectivity index (χ1n) is 5.01. The Hall–Kier alpha value is -0.820. The summed E-state index contributed by atoms with van der Waals surface area (Å²) in [7, 11) is 0. The van der Waals surface area contributed by atoms with Gasteiger partial charge in [-0.25, -0.2) is 0 Å². The van der Waals surface area contributed by atoms with E-state index in [0.29, 0.717) is 18.1 Å². The van der Waals surface area contributed by atoms with E-state index in [9.17, 15) is 4.79 Å². The molecule has 2 rings (SSSR count). The highest BCUT2D eigenvalue weighted by Crippen LogP contribution is 2.43. The molecular weight excluding hydrogens is 196 g/mol. The van der Waals surface area contributed by atoms with Crippen molar-refractivity contribution in [2.75, 3.05) is 0 Å². The Morgan fingerprint density at radius 1 is 1.43 bits per heavy atom. The van der Waals surface area contributed by atoms with Crippen LogP contribution in [0.15, 0.2) is 24.3 Å². The third-order valence-electron chi connectivity index (χ3n) is 3.06. The average molecular weight is 209 g/mol. The molecule has 14 heavy (non-hydrogen) atoms. The molecule has 1 aromatic rings. The lowest BCUT2D eigenvalue weighted by molar-refractivity contribution is -0.131. The van der Waals surface area contributed by atoms with Gasteiger partial charge in [-0.05, 0) is 18.1 Å². The quantitative estimate of drug-likeness (QED) is 0.728. The van der Waals surface area contributed by atoms with Crippen LogP contribution in [0.25, 0.3) is 0 Å². The Bertz CT molecular complexity index is 359. The number of rotatable bonds is 2. The fourth-order valence-corrected chi connectivity index (χ4v) is 2.46.